The van der Waals surface area contributed by atoms with Crippen LogP contribution < -0.4 is 5.32 Å². The van der Waals surface area contributed by atoms with Gasteiger partial charge in [0.25, 0.3) is 0 Å². The van der Waals surface area contributed by atoms with Crippen molar-refractivity contribution in [3.8, 4) is 0 Å². The zero-order chi connectivity index (χ0) is 5.40. The van der Waals surface area contributed by atoms with Gasteiger partial charge in [-0.15, -0.1) is 0 Å². The van der Waals surface area contributed by atoms with E-state index in [4.69, 9.17) is 0 Å². The summed E-state index contributed by atoms with van der Waals surface area (Å²) in [7, 11) is 0. The molecule has 2 rings (SSSR count). The van der Waals surface area contributed by atoms with E-state index in [9.17, 15) is 0 Å². The molecule has 0 bridgehead atoms. The third kappa shape index (κ3) is 0.358. The Hall–Kier alpha value is -0.990. The molecule has 0 spiro atoms. The van der Waals surface area contributed by atoms with Crippen LogP contribution in [0.15, 0.2) is 10.8 Å². The number of fused-ring (bicyclic) bond motifs is 1. The van der Waals surface area contributed by atoms with Gasteiger partial charge in [-0.2, -0.15) is 0 Å². The molecule has 3 heteroatoms. The molecule has 0 unspecified atom stereocenters. The molecular weight excluding hydrogens is 104 g/mol. The lowest BCUT2D eigenvalue weighted by Crippen LogP contribution is -1.91. The van der Waals surface area contributed by atoms with Crippen molar-refractivity contribution in [2.75, 3.05) is 11.9 Å². The maximum Gasteiger partial charge on any atom is 0.147 e. The zero-order valence-electron chi connectivity index (χ0n) is 4.35. The molecule has 0 atom stereocenters. The first-order chi connectivity index (χ1) is 3.97. The maximum atomic E-state index is 4.67. The first-order valence-corrected chi connectivity index (χ1v) is 2.64. The lowest BCUT2D eigenvalue weighted by atomic mass is 10.4. The summed E-state index contributed by atoms with van der Waals surface area (Å²) in [6.45, 7) is 1.01. The minimum Gasteiger partial charge on any atom is -0.380 e. The van der Waals surface area contributed by atoms with E-state index >= 15 is 0 Å². The van der Waals surface area contributed by atoms with Crippen molar-refractivity contribution in [2.45, 2.75) is 6.42 Å². The molecular formula is C5H6N2O. The van der Waals surface area contributed by atoms with Crippen LogP contribution in [-0.2, 0) is 6.42 Å². The Morgan fingerprint density at radius 2 is 2.75 bits per heavy atom. The Balaban J connectivity index is 2.54. The minimum absolute atomic E-state index is 1.01. The Kier molecular flexibility index (Phi) is 0.614. The van der Waals surface area contributed by atoms with Crippen molar-refractivity contribution in [1.82, 2.24) is 5.16 Å². The van der Waals surface area contributed by atoms with Crippen LogP contribution in [0.4, 0.5) is 5.69 Å². The van der Waals surface area contributed by atoms with Gasteiger partial charge in [-0.05, 0) is 0 Å². The maximum absolute atomic E-state index is 4.67. The second-order valence-electron chi connectivity index (χ2n) is 1.85. The van der Waals surface area contributed by atoms with E-state index in [0.29, 0.717) is 0 Å². The third-order valence-corrected chi connectivity index (χ3v) is 1.32. The summed E-state index contributed by atoms with van der Waals surface area (Å²) in [5.41, 5.74) is 2.12. The number of nitrogens with zero attached hydrogens (tertiary/aromatic N) is 1. The smallest absolute Gasteiger partial charge is 0.147 e. The largest absolute Gasteiger partial charge is 0.380 e. The second kappa shape index (κ2) is 1.24. The zero-order valence-corrected chi connectivity index (χ0v) is 4.35. The molecule has 1 aromatic rings. The highest BCUT2D eigenvalue weighted by Gasteiger charge is 2.12. The van der Waals surface area contributed by atoms with Gasteiger partial charge in [0.2, 0.25) is 0 Å². The third-order valence-electron chi connectivity index (χ3n) is 1.32. The SMILES string of the molecule is c1onc2c1NCC2. The summed E-state index contributed by atoms with van der Waals surface area (Å²) in [5.74, 6) is 0. The summed E-state index contributed by atoms with van der Waals surface area (Å²) in [5, 5.41) is 6.88. The molecule has 8 heavy (non-hydrogen) atoms. The van der Waals surface area contributed by atoms with Gasteiger partial charge in [0.15, 0.2) is 0 Å². The molecule has 3 nitrogen and oxygen atoms in total. The average molecular weight is 110 g/mol. The number of hydrogen-bond donors (Lipinski definition) is 1. The fourth-order valence-corrected chi connectivity index (χ4v) is 0.899. The van der Waals surface area contributed by atoms with Crippen molar-refractivity contribution < 1.29 is 4.52 Å². The van der Waals surface area contributed by atoms with Crippen molar-refractivity contribution in [2.24, 2.45) is 0 Å². The predicted molar refractivity (Wildman–Crippen MR) is 28.7 cm³/mol. The molecule has 1 N–H and O–H groups in total. The number of aromatic nitrogens is 1. The van der Waals surface area contributed by atoms with E-state index in [1.807, 2.05) is 0 Å². The van der Waals surface area contributed by atoms with Crippen LogP contribution in [0.2, 0.25) is 0 Å². The molecule has 0 aromatic carbocycles. The molecule has 0 radical (unpaired) electrons. The first-order valence-electron chi connectivity index (χ1n) is 2.64. The molecule has 0 saturated carbocycles. The van der Waals surface area contributed by atoms with Gasteiger partial charge in [-0.3, -0.25) is 0 Å². The van der Waals surface area contributed by atoms with Gasteiger partial charge >= 0.3 is 0 Å². The normalized spacial score (nSPS) is 15.5. The van der Waals surface area contributed by atoms with Crippen LogP contribution >= 0.6 is 0 Å². The van der Waals surface area contributed by atoms with Crippen LogP contribution in [0.3, 0.4) is 0 Å². The van der Waals surface area contributed by atoms with E-state index in [2.05, 4.69) is 15.0 Å². The summed E-state index contributed by atoms with van der Waals surface area (Å²) in [6, 6.07) is 0. The molecule has 2 heterocycles. The van der Waals surface area contributed by atoms with E-state index in [1.165, 1.54) is 0 Å². The van der Waals surface area contributed by atoms with Gasteiger partial charge in [0.05, 0.1) is 5.69 Å². The van der Waals surface area contributed by atoms with Crippen molar-refractivity contribution in [1.29, 1.82) is 0 Å². The number of rotatable bonds is 0. The topological polar surface area (TPSA) is 38.1 Å². The Morgan fingerprint density at radius 3 is 3.62 bits per heavy atom. The van der Waals surface area contributed by atoms with Gasteiger partial charge in [0, 0.05) is 13.0 Å². The summed E-state index contributed by atoms with van der Waals surface area (Å²) < 4.78 is 4.67. The van der Waals surface area contributed by atoms with E-state index in [0.717, 1.165) is 24.3 Å². The Labute approximate surface area is 46.7 Å². The summed E-state index contributed by atoms with van der Waals surface area (Å²) >= 11 is 0. The summed E-state index contributed by atoms with van der Waals surface area (Å²) in [4.78, 5) is 0. The average Bonchev–Trinajstić information content (AvgIpc) is 2.15. The minimum atomic E-state index is 1.01. The van der Waals surface area contributed by atoms with Crippen LogP contribution in [0.5, 0.6) is 0 Å². The fourth-order valence-electron chi connectivity index (χ4n) is 0.899. The van der Waals surface area contributed by atoms with Crippen LogP contribution in [0.1, 0.15) is 5.69 Å². The lowest BCUT2D eigenvalue weighted by molar-refractivity contribution is 0.411. The highest BCUT2D eigenvalue weighted by Crippen LogP contribution is 2.18. The molecule has 1 aromatic heterocycles. The predicted octanol–water partition coefficient (Wildman–Crippen LogP) is 0.643. The number of hydrogen-bond acceptors (Lipinski definition) is 3. The molecule has 0 saturated heterocycles. The lowest BCUT2D eigenvalue weighted by Gasteiger charge is -1.83. The van der Waals surface area contributed by atoms with Crippen molar-refractivity contribution >= 4 is 5.69 Å². The van der Waals surface area contributed by atoms with Gasteiger partial charge in [-0.25, -0.2) is 0 Å². The Bertz CT molecular complexity index is 176. The van der Waals surface area contributed by atoms with Crippen molar-refractivity contribution in [3.05, 3.63) is 12.0 Å². The summed E-state index contributed by atoms with van der Waals surface area (Å²) in [6.07, 6.45) is 2.65. The Morgan fingerprint density at radius 1 is 1.75 bits per heavy atom. The molecule has 1 aliphatic heterocycles. The van der Waals surface area contributed by atoms with E-state index in [-0.39, 0.29) is 0 Å². The standard InChI is InChI=1S/C5H6N2O/c1-2-6-5-3-8-7-4(1)5/h3,6H,1-2H2. The quantitative estimate of drug-likeness (QED) is 0.532. The molecule has 0 fully saturated rings. The van der Waals surface area contributed by atoms with Gasteiger partial charge in [0.1, 0.15) is 12.0 Å². The van der Waals surface area contributed by atoms with Crippen LogP contribution in [0.25, 0.3) is 0 Å². The molecule has 1 aliphatic rings. The fraction of sp³-hybridized carbons (Fsp3) is 0.400. The van der Waals surface area contributed by atoms with Crippen LogP contribution in [-0.4, -0.2) is 11.7 Å². The molecule has 42 valence electrons. The van der Waals surface area contributed by atoms with E-state index in [1.54, 1.807) is 6.26 Å². The highest BCUT2D eigenvalue weighted by atomic mass is 16.5. The molecule has 0 aliphatic carbocycles. The monoisotopic (exact) mass is 110 g/mol. The number of anilines is 1. The van der Waals surface area contributed by atoms with E-state index < -0.39 is 0 Å². The van der Waals surface area contributed by atoms with Gasteiger partial charge < -0.3 is 9.84 Å². The number of nitrogens with one attached hydrogen (secondary N) is 1. The van der Waals surface area contributed by atoms with Crippen molar-refractivity contribution in [3.63, 3.8) is 0 Å². The highest BCUT2D eigenvalue weighted by molar-refractivity contribution is 5.48. The van der Waals surface area contributed by atoms with Gasteiger partial charge in [-0.1, -0.05) is 5.16 Å². The van der Waals surface area contributed by atoms with Crippen LogP contribution in [0, 0.1) is 0 Å². The first kappa shape index (κ1) is 3.95. The molecule has 0 amide bonds. The second-order valence-corrected chi connectivity index (χ2v) is 1.85.